The minimum atomic E-state index is -0.746. The Morgan fingerprint density at radius 2 is 1.80 bits per heavy atom. The number of fused-ring (bicyclic) bond motifs is 3. The van der Waals surface area contributed by atoms with E-state index in [2.05, 4.69) is 5.32 Å². The van der Waals surface area contributed by atoms with Crippen LogP contribution in [0.5, 0.6) is 0 Å². The Morgan fingerprint density at radius 3 is 2.57 bits per heavy atom. The van der Waals surface area contributed by atoms with Crippen LogP contribution in [0.3, 0.4) is 0 Å². The lowest BCUT2D eigenvalue weighted by molar-refractivity contribution is -0.117. The molecule has 0 radical (unpaired) electrons. The molecule has 4 rings (SSSR count). The predicted octanol–water partition coefficient (Wildman–Crippen LogP) is 3.08. The lowest BCUT2D eigenvalue weighted by Gasteiger charge is -2.48. The number of hydrogen-bond donors (Lipinski definition) is 1. The zero-order valence-electron chi connectivity index (χ0n) is 17.5. The SMILES string of the molecule is CN(C)c1ccccc1NC(=O)CCN1C(=O)c2ccccc2N2C(=O)CCC12C. The number of para-hydroxylation sites is 3. The van der Waals surface area contributed by atoms with Gasteiger partial charge in [-0.2, -0.15) is 0 Å². The summed E-state index contributed by atoms with van der Waals surface area (Å²) in [5.41, 5.74) is 2.06. The van der Waals surface area contributed by atoms with Gasteiger partial charge in [0.05, 0.1) is 22.6 Å². The van der Waals surface area contributed by atoms with Crippen LogP contribution in [0.1, 0.15) is 36.5 Å². The molecule has 1 fully saturated rings. The summed E-state index contributed by atoms with van der Waals surface area (Å²) in [4.78, 5) is 43.9. The van der Waals surface area contributed by atoms with Gasteiger partial charge in [0.15, 0.2) is 0 Å². The van der Waals surface area contributed by atoms with E-state index in [9.17, 15) is 14.4 Å². The zero-order valence-corrected chi connectivity index (χ0v) is 17.5. The third-order valence-electron chi connectivity index (χ3n) is 5.97. The highest BCUT2D eigenvalue weighted by Crippen LogP contribution is 2.44. The average Bonchev–Trinajstić information content (AvgIpc) is 3.03. The predicted molar refractivity (Wildman–Crippen MR) is 117 cm³/mol. The number of benzene rings is 2. The Hall–Kier alpha value is -3.35. The second-order valence-corrected chi connectivity index (χ2v) is 8.13. The molecule has 7 nitrogen and oxygen atoms in total. The molecule has 1 atom stereocenters. The second-order valence-electron chi connectivity index (χ2n) is 8.13. The van der Waals surface area contributed by atoms with Crippen molar-refractivity contribution < 1.29 is 14.4 Å². The molecule has 1 unspecified atom stereocenters. The van der Waals surface area contributed by atoms with E-state index in [1.54, 1.807) is 21.9 Å². The molecular formula is C23H26N4O3. The summed E-state index contributed by atoms with van der Waals surface area (Å²) in [7, 11) is 3.84. The molecule has 0 aromatic heterocycles. The fraction of sp³-hybridized carbons (Fsp3) is 0.348. The Morgan fingerprint density at radius 1 is 1.10 bits per heavy atom. The number of rotatable bonds is 5. The zero-order chi connectivity index (χ0) is 21.5. The van der Waals surface area contributed by atoms with Crippen molar-refractivity contribution >= 4 is 34.8 Å². The molecule has 0 spiro atoms. The standard InChI is InChI=1S/C23H26N4O3/c1-23-14-12-21(29)27(23)18-10-6-4-8-16(18)22(30)26(23)15-13-20(28)24-17-9-5-7-11-19(17)25(2)3/h4-11H,12-15H2,1-3H3,(H,24,28). The highest BCUT2D eigenvalue weighted by atomic mass is 16.2. The number of amides is 3. The van der Waals surface area contributed by atoms with Gasteiger partial charge in [-0.3, -0.25) is 19.3 Å². The fourth-order valence-electron chi connectivity index (χ4n) is 4.44. The van der Waals surface area contributed by atoms with Crippen LogP contribution >= 0.6 is 0 Å². The van der Waals surface area contributed by atoms with Gasteiger partial charge in [0, 0.05) is 33.5 Å². The molecule has 3 amide bonds. The van der Waals surface area contributed by atoms with Crippen molar-refractivity contribution in [3.05, 3.63) is 54.1 Å². The van der Waals surface area contributed by atoms with Gasteiger partial charge >= 0.3 is 0 Å². The van der Waals surface area contributed by atoms with Gasteiger partial charge in [-0.1, -0.05) is 24.3 Å². The highest BCUT2D eigenvalue weighted by Gasteiger charge is 2.52. The summed E-state index contributed by atoms with van der Waals surface area (Å²) in [6, 6.07) is 14.8. The highest BCUT2D eigenvalue weighted by molar-refractivity contribution is 6.10. The molecule has 2 aliphatic rings. The molecule has 2 aliphatic heterocycles. The van der Waals surface area contributed by atoms with E-state index in [1.165, 1.54) is 0 Å². The van der Waals surface area contributed by atoms with Crippen LogP contribution in [0.4, 0.5) is 17.1 Å². The molecule has 1 saturated heterocycles. The van der Waals surface area contributed by atoms with E-state index in [0.717, 1.165) is 11.4 Å². The Labute approximate surface area is 176 Å². The van der Waals surface area contributed by atoms with E-state index >= 15 is 0 Å². The second kappa shape index (κ2) is 7.48. The summed E-state index contributed by atoms with van der Waals surface area (Å²) in [5, 5.41) is 2.95. The van der Waals surface area contributed by atoms with Crippen molar-refractivity contribution in [2.24, 2.45) is 0 Å². The van der Waals surface area contributed by atoms with Crippen LogP contribution in [0, 0.1) is 0 Å². The van der Waals surface area contributed by atoms with E-state index in [4.69, 9.17) is 0 Å². The summed E-state index contributed by atoms with van der Waals surface area (Å²) in [6.07, 6.45) is 1.08. The maximum absolute atomic E-state index is 13.2. The lowest BCUT2D eigenvalue weighted by Crippen LogP contribution is -2.62. The maximum Gasteiger partial charge on any atom is 0.257 e. The molecule has 2 heterocycles. The fourth-order valence-corrected chi connectivity index (χ4v) is 4.44. The van der Waals surface area contributed by atoms with Crippen LogP contribution in [0.15, 0.2) is 48.5 Å². The number of nitrogens with one attached hydrogen (secondary N) is 1. The number of nitrogens with zero attached hydrogens (tertiary/aromatic N) is 3. The first-order valence-corrected chi connectivity index (χ1v) is 10.1. The first-order chi connectivity index (χ1) is 14.3. The van der Waals surface area contributed by atoms with Crippen molar-refractivity contribution in [2.45, 2.75) is 31.8 Å². The van der Waals surface area contributed by atoms with Gasteiger partial charge in [0.25, 0.3) is 5.91 Å². The molecule has 156 valence electrons. The molecule has 0 bridgehead atoms. The van der Waals surface area contributed by atoms with E-state index in [-0.39, 0.29) is 30.7 Å². The number of carbonyl (C=O) groups is 3. The van der Waals surface area contributed by atoms with Crippen LogP contribution in [-0.2, 0) is 9.59 Å². The molecule has 30 heavy (non-hydrogen) atoms. The first-order valence-electron chi connectivity index (χ1n) is 10.1. The largest absolute Gasteiger partial charge is 0.376 e. The monoisotopic (exact) mass is 406 g/mol. The van der Waals surface area contributed by atoms with Gasteiger partial charge in [-0.15, -0.1) is 0 Å². The van der Waals surface area contributed by atoms with Gasteiger partial charge in [0.2, 0.25) is 11.8 Å². The minimum Gasteiger partial charge on any atom is -0.376 e. The summed E-state index contributed by atoms with van der Waals surface area (Å²) in [6.45, 7) is 2.15. The van der Waals surface area contributed by atoms with E-state index in [1.807, 2.05) is 62.3 Å². The van der Waals surface area contributed by atoms with Crippen LogP contribution < -0.4 is 15.1 Å². The van der Waals surface area contributed by atoms with Crippen molar-refractivity contribution in [1.29, 1.82) is 0 Å². The number of carbonyl (C=O) groups excluding carboxylic acids is 3. The summed E-state index contributed by atoms with van der Waals surface area (Å²) in [5.74, 6) is -0.303. The van der Waals surface area contributed by atoms with Crippen molar-refractivity contribution in [1.82, 2.24) is 4.90 Å². The third kappa shape index (κ3) is 3.20. The summed E-state index contributed by atoms with van der Waals surface area (Å²) >= 11 is 0. The Balaban J connectivity index is 1.54. The van der Waals surface area contributed by atoms with Crippen LogP contribution in [-0.4, -0.2) is 48.9 Å². The Kier molecular flexibility index (Phi) is 4.97. The molecule has 7 heteroatoms. The van der Waals surface area contributed by atoms with Crippen molar-refractivity contribution in [3.63, 3.8) is 0 Å². The van der Waals surface area contributed by atoms with Crippen molar-refractivity contribution in [2.75, 3.05) is 35.8 Å². The lowest BCUT2D eigenvalue weighted by atomic mass is 9.98. The molecule has 1 N–H and O–H groups in total. The van der Waals surface area contributed by atoms with Crippen LogP contribution in [0.2, 0.25) is 0 Å². The Bertz CT molecular complexity index is 1020. The molecular weight excluding hydrogens is 380 g/mol. The van der Waals surface area contributed by atoms with Crippen LogP contribution in [0.25, 0.3) is 0 Å². The van der Waals surface area contributed by atoms with E-state index in [0.29, 0.717) is 24.1 Å². The smallest absolute Gasteiger partial charge is 0.257 e. The normalized spacial score (nSPS) is 20.1. The van der Waals surface area contributed by atoms with E-state index < -0.39 is 5.66 Å². The van der Waals surface area contributed by atoms with Gasteiger partial charge in [0.1, 0.15) is 5.66 Å². The number of anilines is 3. The molecule has 0 aliphatic carbocycles. The number of hydrogen-bond acceptors (Lipinski definition) is 4. The minimum absolute atomic E-state index is 0.00631. The average molecular weight is 406 g/mol. The van der Waals surface area contributed by atoms with Gasteiger partial charge in [-0.25, -0.2) is 0 Å². The molecule has 2 aromatic carbocycles. The quantitative estimate of drug-likeness (QED) is 0.828. The summed E-state index contributed by atoms with van der Waals surface area (Å²) < 4.78 is 0. The molecule has 2 aromatic rings. The van der Waals surface area contributed by atoms with Gasteiger partial charge < -0.3 is 15.1 Å². The maximum atomic E-state index is 13.2. The molecule has 0 saturated carbocycles. The first kappa shape index (κ1) is 19.9. The van der Waals surface area contributed by atoms with Crippen molar-refractivity contribution in [3.8, 4) is 0 Å². The topological polar surface area (TPSA) is 73.0 Å². The third-order valence-corrected chi connectivity index (χ3v) is 5.97. The van der Waals surface area contributed by atoms with Gasteiger partial charge in [-0.05, 0) is 37.6 Å².